The fraction of sp³-hybridized carbons (Fsp3) is 0.238. The van der Waals surface area contributed by atoms with E-state index in [1.54, 1.807) is 30.0 Å². The van der Waals surface area contributed by atoms with Gasteiger partial charge in [-0.25, -0.2) is 9.07 Å². The summed E-state index contributed by atoms with van der Waals surface area (Å²) >= 11 is 0. The van der Waals surface area contributed by atoms with E-state index in [1.807, 2.05) is 32.9 Å². The van der Waals surface area contributed by atoms with E-state index in [0.717, 1.165) is 16.8 Å². The van der Waals surface area contributed by atoms with Crippen molar-refractivity contribution in [3.8, 4) is 5.69 Å². The highest BCUT2D eigenvalue weighted by atomic mass is 19.1. The minimum Gasteiger partial charge on any atom is -0.309 e. The number of carbonyl (C=O) groups excluding carboxylic acids is 1. The Kier molecular flexibility index (Phi) is 4.89. The predicted octanol–water partition coefficient (Wildman–Crippen LogP) is 4.60. The maximum absolute atomic E-state index is 14.1. The minimum atomic E-state index is -0.376. The van der Waals surface area contributed by atoms with Crippen molar-refractivity contribution in [2.75, 3.05) is 11.4 Å². The van der Waals surface area contributed by atoms with Crippen LogP contribution in [-0.2, 0) is 0 Å². The van der Waals surface area contributed by atoms with Gasteiger partial charge >= 0.3 is 0 Å². The van der Waals surface area contributed by atoms with Gasteiger partial charge in [-0.15, -0.1) is 0 Å². The van der Waals surface area contributed by atoms with Crippen LogP contribution in [0.25, 0.3) is 5.69 Å². The number of benzene rings is 2. The number of nitrogens with zero attached hydrogens (tertiary/aromatic N) is 3. The molecule has 0 radical (unpaired) electrons. The standard InChI is InChI=1S/C21H22FN3O/c1-5-24(17-11-14(2)10-15(3)12-17)21(26)18-13-23-25(16(18)4)20-9-7-6-8-19(20)22/h6-13H,5H2,1-4H3. The van der Waals surface area contributed by atoms with Gasteiger partial charge in [-0.05, 0) is 63.1 Å². The molecule has 1 heterocycles. The van der Waals surface area contributed by atoms with Crippen LogP contribution in [0.2, 0.25) is 0 Å². The fourth-order valence-corrected chi connectivity index (χ4v) is 3.18. The van der Waals surface area contributed by atoms with Gasteiger partial charge in [-0.3, -0.25) is 4.79 Å². The van der Waals surface area contributed by atoms with Crippen molar-refractivity contribution in [2.24, 2.45) is 0 Å². The van der Waals surface area contributed by atoms with Gasteiger partial charge in [0.25, 0.3) is 5.91 Å². The van der Waals surface area contributed by atoms with Gasteiger partial charge in [0.05, 0.1) is 17.5 Å². The highest BCUT2D eigenvalue weighted by Crippen LogP contribution is 2.23. The second kappa shape index (κ2) is 7.12. The van der Waals surface area contributed by atoms with Crippen molar-refractivity contribution in [1.82, 2.24) is 9.78 Å². The Bertz CT molecular complexity index is 941. The summed E-state index contributed by atoms with van der Waals surface area (Å²) < 4.78 is 15.6. The number of halogens is 1. The summed E-state index contributed by atoms with van der Waals surface area (Å²) in [5, 5.41) is 4.24. The third-order valence-corrected chi connectivity index (χ3v) is 4.40. The largest absolute Gasteiger partial charge is 0.309 e. The van der Waals surface area contributed by atoms with Gasteiger partial charge < -0.3 is 4.90 Å². The van der Waals surface area contributed by atoms with E-state index in [9.17, 15) is 9.18 Å². The van der Waals surface area contributed by atoms with E-state index >= 15 is 0 Å². The summed E-state index contributed by atoms with van der Waals surface area (Å²) in [5.41, 5.74) is 4.47. The van der Waals surface area contributed by atoms with Gasteiger partial charge in [0.15, 0.2) is 0 Å². The molecule has 3 aromatic rings. The monoisotopic (exact) mass is 351 g/mol. The summed E-state index contributed by atoms with van der Waals surface area (Å²) in [6.07, 6.45) is 1.51. The number of aryl methyl sites for hydroxylation is 2. The first-order valence-corrected chi connectivity index (χ1v) is 8.62. The third-order valence-electron chi connectivity index (χ3n) is 4.40. The molecule has 0 fully saturated rings. The van der Waals surface area contributed by atoms with Crippen LogP contribution in [0.1, 0.15) is 34.1 Å². The van der Waals surface area contributed by atoms with E-state index in [0.29, 0.717) is 23.5 Å². The molecule has 5 heteroatoms. The van der Waals surface area contributed by atoms with Crippen LogP contribution in [0.5, 0.6) is 0 Å². The van der Waals surface area contributed by atoms with Crippen LogP contribution in [0.3, 0.4) is 0 Å². The van der Waals surface area contributed by atoms with Crippen molar-refractivity contribution in [3.05, 3.63) is 76.9 Å². The summed E-state index contributed by atoms with van der Waals surface area (Å²) in [6, 6.07) is 12.5. The molecule has 4 nitrogen and oxygen atoms in total. The van der Waals surface area contributed by atoms with Gasteiger partial charge in [0.2, 0.25) is 0 Å². The number of hydrogen-bond acceptors (Lipinski definition) is 2. The van der Waals surface area contributed by atoms with E-state index in [4.69, 9.17) is 0 Å². The van der Waals surface area contributed by atoms with Crippen LogP contribution in [0, 0.1) is 26.6 Å². The quantitative estimate of drug-likeness (QED) is 0.689. The lowest BCUT2D eigenvalue weighted by Crippen LogP contribution is -2.31. The molecule has 134 valence electrons. The van der Waals surface area contributed by atoms with E-state index < -0.39 is 0 Å². The lowest BCUT2D eigenvalue weighted by molar-refractivity contribution is 0.0987. The molecule has 0 spiro atoms. The molecule has 0 saturated carbocycles. The Morgan fingerprint density at radius 3 is 2.38 bits per heavy atom. The van der Waals surface area contributed by atoms with Gasteiger partial charge in [0.1, 0.15) is 11.5 Å². The maximum atomic E-state index is 14.1. The Balaban J connectivity index is 2.01. The maximum Gasteiger partial charge on any atom is 0.261 e. The molecule has 0 unspecified atom stereocenters. The van der Waals surface area contributed by atoms with Crippen molar-refractivity contribution < 1.29 is 9.18 Å². The number of anilines is 1. The number of carbonyl (C=O) groups is 1. The molecular formula is C21H22FN3O. The van der Waals surface area contributed by atoms with Gasteiger partial charge in [-0.2, -0.15) is 5.10 Å². The molecule has 2 aromatic carbocycles. The summed E-state index contributed by atoms with van der Waals surface area (Å²) in [7, 11) is 0. The molecule has 0 bridgehead atoms. The van der Waals surface area contributed by atoms with Crippen LogP contribution >= 0.6 is 0 Å². The number of hydrogen-bond donors (Lipinski definition) is 0. The predicted molar refractivity (Wildman–Crippen MR) is 102 cm³/mol. The molecule has 1 amide bonds. The second-order valence-corrected chi connectivity index (χ2v) is 6.40. The summed E-state index contributed by atoms with van der Waals surface area (Å²) in [6.45, 7) is 8.27. The van der Waals surface area contributed by atoms with Gasteiger partial charge in [0, 0.05) is 12.2 Å². The first-order valence-electron chi connectivity index (χ1n) is 8.62. The van der Waals surface area contributed by atoms with Crippen molar-refractivity contribution in [2.45, 2.75) is 27.7 Å². The van der Waals surface area contributed by atoms with Crippen LogP contribution < -0.4 is 4.90 Å². The first-order chi connectivity index (χ1) is 12.4. The van der Waals surface area contributed by atoms with E-state index in [-0.39, 0.29) is 11.7 Å². The Morgan fingerprint density at radius 1 is 1.12 bits per heavy atom. The third kappa shape index (κ3) is 3.25. The normalized spacial score (nSPS) is 10.8. The average Bonchev–Trinajstić information content (AvgIpc) is 2.96. The lowest BCUT2D eigenvalue weighted by atomic mass is 10.1. The van der Waals surface area contributed by atoms with E-state index in [1.165, 1.54) is 16.9 Å². The molecule has 0 atom stereocenters. The molecule has 1 aromatic heterocycles. The average molecular weight is 351 g/mol. The van der Waals surface area contributed by atoms with Crippen LogP contribution in [-0.4, -0.2) is 22.2 Å². The number of rotatable bonds is 4. The van der Waals surface area contributed by atoms with Crippen molar-refractivity contribution in [3.63, 3.8) is 0 Å². The molecular weight excluding hydrogens is 329 g/mol. The lowest BCUT2D eigenvalue weighted by Gasteiger charge is -2.22. The minimum absolute atomic E-state index is 0.141. The highest BCUT2D eigenvalue weighted by molar-refractivity contribution is 6.06. The first kappa shape index (κ1) is 17.9. The fourth-order valence-electron chi connectivity index (χ4n) is 3.18. The molecule has 0 saturated heterocycles. The second-order valence-electron chi connectivity index (χ2n) is 6.40. The number of para-hydroxylation sites is 1. The molecule has 0 aliphatic heterocycles. The zero-order valence-electron chi connectivity index (χ0n) is 15.5. The smallest absolute Gasteiger partial charge is 0.261 e. The topological polar surface area (TPSA) is 38.1 Å². The Labute approximate surface area is 152 Å². The zero-order valence-corrected chi connectivity index (χ0v) is 15.5. The SMILES string of the molecule is CCN(C(=O)c1cnn(-c2ccccc2F)c1C)c1cc(C)cc(C)c1. The molecule has 26 heavy (non-hydrogen) atoms. The van der Waals surface area contributed by atoms with Gasteiger partial charge in [-0.1, -0.05) is 18.2 Å². The van der Waals surface area contributed by atoms with Crippen LogP contribution in [0.4, 0.5) is 10.1 Å². The highest BCUT2D eigenvalue weighted by Gasteiger charge is 2.22. The molecule has 0 aliphatic rings. The molecule has 0 aliphatic carbocycles. The molecule has 3 rings (SSSR count). The summed E-state index contributed by atoms with van der Waals surface area (Å²) in [4.78, 5) is 14.8. The van der Waals surface area contributed by atoms with Crippen LogP contribution in [0.15, 0.2) is 48.7 Å². The number of amides is 1. The van der Waals surface area contributed by atoms with E-state index in [2.05, 4.69) is 11.2 Å². The summed E-state index contributed by atoms with van der Waals surface area (Å²) in [5.74, 6) is -0.517. The van der Waals surface area contributed by atoms with Crippen molar-refractivity contribution in [1.29, 1.82) is 0 Å². The van der Waals surface area contributed by atoms with Crippen molar-refractivity contribution >= 4 is 11.6 Å². The molecule has 0 N–H and O–H groups in total. The Morgan fingerprint density at radius 2 is 1.77 bits per heavy atom. The number of aromatic nitrogens is 2. The zero-order chi connectivity index (χ0) is 18.8. The Hall–Kier alpha value is -2.95.